The maximum absolute atomic E-state index is 11.1. The van der Waals surface area contributed by atoms with Crippen LogP contribution in [0.15, 0.2) is 24.3 Å². The maximum atomic E-state index is 11.1. The van der Waals surface area contributed by atoms with E-state index in [0.29, 0.717) is 24.5 Å². The Morgan fingerprint density at radius 2 is 1.81 bits per heavy atom. The van der Waals surface area contributed by atoms with Crippen molar-refractivity contribution in [3.63, 3.8) is 0 Å². The van der Waals surface area contributed by atoms with E-state index < -0.39 is 0 Å². The van der Waals surface area contributed by atoms with Crippen LogP contribution in [-0.2, 0) is 9.59 Å². The second-order valence-electron chi connectivity index (χ2n) is 5.92. The lowest BCUT2D eigenvalue weighted by atomic mass is 9.87. The molecule has 0 aliphatic heterocycles. The van der Waals surface area contributed by atoms with Crippen molar-refractivity contribution in [2.24, 2.45) is 5.92 Å². The van der Waals surface area contributed by atoms with Crippen molar-refractivity contribution in [3.05, 3.63) is 29.8 Å². The molecule has 0 radical (unpaired) electrons. The zero-order chi connectivity index (χ0) is 15.7. The number of ether oxygens (including phenoxy) is 1. The minimum Gasteiger partial charge on any atom is -0.497 e. The van der Waals surface area contributed by atoms with Crippen molar-refractivity contribution in [3.8, 4) is 5.75 Å². The van der Waals surface area contributed by atoms with Crippen LogP contribution in [0.25, 0.3) is 0 Å². The molecule has 0 spiro atoms. The number of Topliss-reactive ketones (excluding diaryl/α,β-unsaturated/α-hetero) is 1. The zero-order valence-corrected chi connectivity index (χ0v) is 13.3. The minimum absolute atomic E-state index is 0.299. The first-order valence-corrected chi connectivity index (χ1v) is 7.68. The average molecular weight is 290 g/mol. The molecular formula is C18H26O3. The van der Waals surface area contributed by atoms with Gasteiger partial charge < -0.3 is 4.74 Å². The first-order chi connectivity index (χ1) is 10.1. The highest BCUT2D eigenvalue weighted by molar-refractivity contribution is 6.24. The summed E-state index contributed by atoms with van der Waals surface area (Å²) in [6, 6.07) is 8.17. The Morgan fingerprint density at radius 3 is 2.33 bits per heavy atom. The third-order valence-corrected chi connectivity index (χ3v) is 3.79. The molecule has 1 atom stereocenters. The molecule has 0 fully saturated rings. The van der Waals surface area contributed by atoms with Gasteiger partial charge in [-0.15, -0.1) is 0 Å². The van der Waals surface area contributed by atoms with Gasteiger partial charge in [0.1, 0.15) is 5.75 Å². The molecule has 1 aromatic rings. The van der Waals surface area contributed by atoms with Crippen molar-refractivity contribution in [2.75, 3.05) is 7.11 Å². The third-order valence-electron chi connectivity index (χ3n) is 3.79. The van der Waals surface area contributed by atoms with Gasteiger partial charge in [-0.3, -0.25) is 9.59 Å². The molecule has 0 aromatic heterocycles. The van der Waals surface area contributed by atoms with Crippen molar-refractivity contribution in [2.45, 2.75) is 51.9 Å². The normalized spacial score (nSPS) is 12.2. The highest BCUT2D eigenvalue weighted by Crippen LogP contribution is 2.29. The van der Waals surface area contributed by atoms with E-state index in [1.54, 1.807) is 7.11 Å². The van der Waals surface area contributed by atoms with Gasteiger partial charge >= 0.3 is 0 Å². The number of rotatable bonds is 10. The first-order valence-electron chi connectivity index (χ1n) is 7.68. The van der Waals surface area contributed by atoms with E-state index in [-0.39, 0.29) is 5.78 Å². The molecule has 1 unspecified atom stereocenters. The minimum atomic E-state index is -0.299. The summed E-state index contributed by atoms with van der Waals surface area (Å²) in [5.74, 6) is 1.67. The molecule has 0 saturated heterocycles. The summed E-state index contributed by atoms with van der Waals surface area (Å²) in [7, 11) is 1.66. The topological polar surface area (TPSA) is 43.4 Å². The van der Waals surface area contributed by atoms with Crippen LogP contribution < -0.4 is 4.74 Å². The number of carbonyl (C=O) groups excluding carboxylic acids is 2. The second-order valence-corrected chi connectivity index (χ2v) is 5.92. The fraction of sp³-hybridized carbons (Fsp3) is 0.556. The van der Waals surface area contributed by atoms with Crippen LogP contribution in [0, 0.1) is 5.92 Å². The summed E-state index contributed by atoms with van der Waals surface area (Å²) >= 11 is 0. The largest absolute Gasteiger partial charge is 0.497 e. The number of methoxy groups -OCH3 is 1. The fourth-order valence-electron chi connectivity index (χ4n) is 2.47. The molecule has 0 heterocycles. The number of ketones is 1. The first kappa shape index (κ1) is 17.4. The Labute approximate surface area is 127 Å². The lowest BCUT2D eigenvalue weighted by molar-refractivity contribution is -0.129. The van der Waals surface area contributed by atoms with E-state index >= 15 is 0 Å². The molecule has 1 aromatic carbocycles. The van der Waals surface area contributed by atoms with E-state index in [4.69, 9.17) is 4.74 Å². The molecule has 0 bridgehead atoms. The quantitative estimate of drug-likeness (QED) is 0.480. The second kappa shape index (κ2) is 9.32. The van der Waals surface area contributed by atoms with E-state index in [0.717, 1.165) is 25.0 Å². The SMILES string of the molecule is COc1ccc(C(CCCC(=O)C=O)CCC(C)C)cc1. The van der Waals surface area contributed by atoms with Crippen LogP contribution in [0.2, 0.25) is 0 Å². The van der Waals surface area contributed by atoms with Crippen LogP contribution in [-0.4, -0.2) is 19.2 Å². The Bertz CT molecular complexity index is 434. The van der Waals surface area contributed by atoms with Crippen LogP contribution in [0.4, 0.5) is 0 Å². The van der Waals surface area contributed by atoms with Gasteiger partial charge in [0.05, 0.1) is 7.11 Å². The maximum Gasteiger partial charge on any atom is 0.195 e. The van der Waals surface area contributed by atoms with Crippen LogP contribution >= 0.6 is 0 Å². The van der Waals surface area contributed by atoms with Gasteiger partial charge in [0, 0.05) is 6.42 Å². The Balaban J connectivity index is 2.65. The summed E-state index contributed by atoms with van der Waals surface area (Å²) in [6.07, 6.45) is 4.77. The third kappa shape index (κ3) is 6.56. The molecule has 21 heavy (non-hydrogen) atoms. The molecule has 0 aliphatic carbocycles. The van der Waals surface area contributed by atoms with Crippen LogP contribution in [0.5, 0.6) is 5.75 Å². The highest BCUT2D eigenvalue weighted by atomic mass is 16.5. The van der Waals surface area contributed by atoms with E-state index in [1.165, 1.54) is 12.0 Å². The van der Waals surface area contributed by atoms with Crippen molar-refractivity contribution >= 4 is 12.1 Å². The molecule has 116 valence electrons. The molecule has 1 rings (SSSR count). The molecule has 3 heteroatoms. The molecule has 0 aliphatic rings. The van der Waals surface area contributed by atoms with Gasteiger partial charge in [-0.25, -0.2) is 0 Å². The van der Waals surface area contributed by atoms with Gasteiger partial charge in [0.2, 0.25) is 0 Å². The molecule has 0 N–H and O–H groups in total. The van der Waals surface area contributed by atoms with Crippen molar-refractivity contribution in [1.29, 1.82) is 0 Å². The Kier molecular flexibility index (Phi) is 7.73. The fourth-order valence-corrected chi connectivity index (χ4v) is 2.47. The summed E-state index contributed by atoms with van der Waals surface area (Å²) < 4.78 is 5.19. The van der Waals surface area contributed by atoms with Gasteiger partial charge in [-0.2, -0.15) is 0 Å². The van der Waals surface area contributed by atoms with Crippen LogP contribution in [0.1, 0.15) is 57.4 Å². The summed E-state index contributed by atoms with van der Waals surface area (Å²) in [6.45, 7) is 4.45. The molecule has 3 nitrogen and oxygen atoms in total. The van der Waals surface area contributed by atoms with E-state index in [9.17, 15) is 9.59 Å². The van der Waals surface area contributed by atoms with Crippen LogP contribution in [0.3, 0.4) is 0 Å². The monoisotopic (exact) mass is 290 g/mol. The average Bonchev–Trinajstić information content (AvgIpc) is 2.50. The van der Waals surface area contributed by atoms with Gasteiger partial charge in [-0.05, 0) is 48.8 Å². The Morgan fingerprint density at radius 1 is 1.14 bits per heavy atom. The highest BCUT2D eigenvalue weighted by Gasteiger charge is 2.13. The molecule has 0 amide bonds. The predicted molar refractivity (Wildman–Crippen MR) is 84.7 cm³/mol. The van der Waals surface area contributed by atoms with Gasteiger partial charge in [-0.1, -0.05) is 32.4 Å². The lowest BCUT2D eigenvalue weighted by Gasteiger charge is -2.18. The van der Waals surface area contributed by atoms with E-state index in [2.05, 4.69) is 26.0 Å². The number of hydrogen-bond donors (Lipinski definition) is 0. The summed E-state index contributed by atoms with van der Waals surface area (Å²) in [5.41, 5.74) is 1.29. The molecular weight excluding hydrogens is 264 g/mol. The van der Waals surface area contributed by atoms with E-state index in [1.807, 2.05) is 12.1 Å². The smallest absolute Gasteiger partial charge is 0.195 e. The van der Waals surface area contributed by atoms with Gasteiger partial charge in [0.25, 0.3) is 0 Å². The van der Waals surface area contributed by atoms with Crippen molar-refractivity contribution < 1.29 is 14.3 Å². The number of carbonyl (C=O) groups is 2. The number of aldehydes is 1. The molecule has 0 saturated carbocycles. The summed E-state index contributed by atoms with van der Waals surface area (Å²) in [5, 5.41) is 0. The number of hydrogen-bond acceptors (Lipinski definition) is 3. The Hall–Kier alpha value is -1.64. The summed E-state index contributed by atoms with van der Waals surface area (Å²) in [4.78, 5) is 21.5. The zero-order valence-electron chi connectivity index (χ0n) is 13.3. The van der Waals surface area contributed by atoms with Crippen molar-refractivity contribution in [1.82, 2.24) is 0 Å². The standard InChI is InChI=1S/C18H26O3/c1-14(2)7-8-15(5-4-6-17(20)13-19)16-9-11-18(21-3)12-10-16/h9-15H,4-8H2,1-3H3. The lowest BCUT2D eigenvalue weighted by Crippen LogP contribution is -2.04. The predicted octanol–water partition coefficient (Wildman–Crippen LogP) is 4.15. The number of benzene rings is 1. The van der Waals surface area contributed by atoms with Gasteiger partial charge in [0.15, 0.2) is 12.1 Å².